The Hall–Kier alpha value is -2.73. The number of carbonyl (C=O) groups is 1. The zero-order chi connectivity index (χ0) is 15.9. The molecule has 22 heavy (non-hydrogen) atoms. The maximum absolute atomic E-state index is 11.1. The van der Waals surface area contributed by atoms with E-state index >= 15 is 0 Å². The van der Waals surface area contributed by atoms with Crippen LogP contribution in [0, 0.1) is 0 Å². The van der Waals surface area contributed by atoms with Crippen LogP contribution in [-0.2, 0) is 11.3 Å². The van der Waals surface area contributed by atoms with Gasteiger partial charge in [-0.1, -0.05) is 30.3 Å². The number of carboxylic acids is 1. The zero-order valence-corrected chi connectivity index (χ0v) is 11.7. The molecular formula is C16H16O6. The molecule has 0 bridgehead atoms. The van der Waals surface area contributed by atoms with Crippen LogP contribution in [-0.4, -0.2) is 34.5 Å². The van der Waals surface area contributed by atoms with Crippen LogP contribution in [0.15, 0.2) is 42.5 Å². The van der Waals surface area contributed by atoms with Crippen LogP contribution in [0.4, 0.5) is 0 Å². The number of phenols is 2. The van der Waals surface area contributed by atoms with Crippen LogP contribution >= 0.6 is 0 Å². The van der Waals surface area contributed by atoms with E-state index in [0.29, 0.717) is 6.61 Å². The fourth-order valence-corrected chi connectivity index (χ4v) is 1.82. The van der Waals surface area contributed by atoms with Gasteiger partial charge in [0.1, 0.15) is 17.9 Å². The van der Waals surface area contributed by atoms with Gasteiger partial charge in [-0.25, -0.2) is 4.79 Å². The van der Waals surface area contributed by atoms with Crippen molar-refractivity contribution in [1.29, 1.82) is 0 Å². The van der Waals surface area contributed by atoms with Crippen molar-refractivity contribution in [3.05, 3.63) is 53.6 Å². The van der Waals surface area contributed by atoms with Gasteiger partial charge >= 0.3 is 5.97 Å². The molecule has 0 unspecified atom stereocenters. The molecule has 2 aromatic rings. The summed E-state index contributed by atoms with van der Waals surface area (Å²) in [5, 5.41) is 27.7. The summed E-state index contributed by atoms with van der Waals surface area (Å²) in [6.07, 6.45) is 0. The van der Waals surface area contributed by atoms with E-state index in [0.717, 1.165) is 17.7 Å². The highest BCUT2D eigenvalue weighted by molar-refractivity contribution is 5.91. The highest BCUT2D eigenvalue weighted by Crippen LogP contribution is 2.32. The maximum atomic E-state index is 11.1. The average Bonchev–Trinajstić information content (AvgIpc) is 2.51. The number of carboxylic acid groups (broad SMARTS) is 1. The van der Waals surface area contributed by atoms with Gasteiger partial charge in [-0.05, 0) is 5.56 Å². The van der Waals surface area contributed by atoms with Gasteiger partial charge in [0.05, 0.1) is 13.2 Å². The summed E-state index contributed by atoms with van der Waals surface area (Å²) >= 11 is 0. The minimum absolute atomic E-state index is 0.0221. The zero-order valence-electron chi connectivity index (χ0n) is 11.7. The summed E-state index contributed by atoms with van der Waals surface area (Å²) in [5.74, 6) is -2.23. The van der Waals surface area contributed by atoms with Gasteiger partial charge in [0.2, 0.25) is 0 Å². The van der Waals surface area contributed by atoms with Gasteiger partial charge in [0.25, 0.3) is 0 Å². The van der Waals surface area contributed by atoms with Crippen molar-refractivity contribution in [3.63, 3.8) is 0 Å². The minimum atomic E-state index is -1.25. The summed E-state index contributed by atoms with van der Waals surface area (Å²) in [5.41, 5.74) is 0.800. The van der Waals surface area contributed by atoms with Crippen LogP contribution < -0.4 is 4.74 Å². The summed E-state index contributed by atoms with van der Waals surface area (Å²) in [7, 11) is 0. The van der Waals surface area contributed by atoms with Crippen LogP contribution in [0.3, 0.4) is 0 Å². The fourth-order valence-electron chi connectivity index (χ4n) is 1.82. The molecule has 0 fully saturated rings. The van der Waals surface area contributed by atoms with Gasteiger partial charge in [0.15, 0.2) is 11.5 Å². The van der Waals surface area contributed by atoms with Gasteiger partial charge in [-0.3, -0.25) is 0 Å². The molecule has 2 aromatic carbocycles. The summed E-state index contributed by atoms with van der Waals surface area (Å²) in [6.45, 7) is 0.809. The van der Waals surface area contributed by atoms with Crippen LogP contribution in [0.2, 0.25) is 0 Å². The predicted molar refractivity (Wildman–Crippen MR) is 78.3 cm³/mol. The van der Waals surface area contributed by atoms with Crippen LogP contribution in [0.5, 0.6) is 17.2 Å². The van der Waals surface area contributed by atoms with E-state index in [-0.39, 0.29) is 24.5 Å². The van der Waals surface area contributed by atoms with E-state index in [1.165, 1.54) is 0 Å². The van der Waals surface area contributed by atoms with E-state index in [1.807, 2.05) is 30.3 Å². The number of hydrogen-bond donors (Lipinski definition) is 3. The molecule has 0 aromatic heterocycles. The van der Waals surface area contributed by atoms with Crippen LogP contribution in [0.1, 0.15) is 15.9 Å². The first-order chi connectivity index (χ1) is 10.6. The number of hydrogen-bond acceptors (Lipinski definition) is 5. The lowest BCUT2D eigenvalue weighted by molar-refractivity contribution is 0.0681. The lowest BCUT2D eigenvalue weighted by Crippen LogP contribution is -2.09. The molecule has 0 spiro atoms. The van der Waals surface area contributed by atoms with Gasteiger partial charge < -0.3 is 24.8 Å². The number of aromatic carboxylic acids is 1. The first-order valence-corrected chi connectivity index (χ1v) is 6.61. The highest BCUT2D eigenvalue weighted by Gasteiger charge is 2.15. The lowest BCUT2D eigenvalue weighted by Gasteiger charge is -2.11. The SMILES string of the molecule is O=C(O)c1cc(O)c(O)cc1OCCOCc1ccccc1. The molecule has 0 aliphatic rings. The molecule has 3 N–H and O–H groups in total. The molecule has 0 radical (unpaired) electrons. The Bertz CT molecular complexity index is 639. The van der Waals surface area contributed by atoms with E-state index in [9.17, 15) is 15.0 Å². The Kier molecular flexibility index (Phi) is 5.21. The second-order valence-electron chi connectivity index (χ2n) is 4.53. The average molecular weight is 304 g/mol. The molecule has 0 saturated heterocycles. The summed E-state index contributed by atoms with van der Waals surface area (Å²) in [6, 6.07) is 11.6. The third kappa shape index (κ3) is 4.13. The van der Waals surface area contributed by atoms with Gasteiger partial charge in [-0.2, -0.15) is 0 Å². The number of benzene rings is 2. The van der Waals surface area contributed by atoms with Crippen molar-refractivity contribution in [2.45, 2.75) is 6.61 Å². The quantitative estimate of drug-likeness (QED) is 0.537. The molecule has 116 valence electrons. The van der Waals surface area contributed by atoms with E-state index in [1.54, 1.807) is 0 Å². The molecule has 0 aliphatic heterocycles. The Morgan fingerprint density at radius 3 is 2.36 bits per heavy atom. The second-order valence-corrected chi connectivity index (χ2v) is 4.53. The normalized spacial score (nSPS) is 10.4. The van der Waals surface area contributed by atoms with Crippen molar-refractivity contribution >= 4 is 5.97 Å². The molecule has 0 amide bonds. The maximum Gasteiger partial charge on any atom is 0.339 e. The minimum Gasteiger partial charge on any atom is -0.504 e. The smallest absolute Gasteiger partial charge is 0.339 e. The van der Waals surface area contributed by atoms with E-state index in [2.05, 4.69) is 0 Å². The van der Waals surface area contributed by atoms with Gasteiger partial charge in [0, 0.05) is 12.1 Å². The third-order valence-electron chi connectivity index (χ3n) is 2.90. The number of phenolic OH excluding ortho intramolecular Hbond substituents is 2. The molecule has 0 aliphatic carbocycles. The monoisotopic (exact) mass is 304 g/mol. The first-order valence-electron chi connectivity index (χ1n) is 6.61. The topological polar surface area (TPSA) is 96.2 Å². The van der Waals surface area contributed by atoms with Crippen molar-refractivity contribution < 1.29 is 29.6 Å². The van der Waals surface area contributed by atoms with Crippen molar-refractivity contribution in [1.82, 2.24) is 0 Å². The summed E-state index contributed by atoms with van der Waals surface area (Å²) in [4.78, 5) is 11.1. The van der Waals surface area contributed by atoms with E-state index < -0.39 is 17.5 Å². The molecule has 2 rings (SSSR count). The molecular weight excluding hydrogens is 288 g/mol. The predicted octanol–water partition coefficient (Wildman–Crippen LogP) is 2.39. The first kappa shape index (κ1) is 15.7. The largest absolute Gasteiger partial charge is 0.504 e. The highest BCUT2D eigenvalue weighted by atomic mass is 16.5. The van der Waals surface area contributed by atoms with Crippen LogP contribution in [0.25, 0.3) is 0 Å². The Morgan fingerprint density at radius 1 is 1.00 bits per heavy atom. The number of aromatic hydroxyl groups is 2. The Morgan fingerprint density at radius 2 is 1.68 bits per heavy atom. The number of rotatable bonds is 7. The fraction of sp³-hybridized carbons (Fsp3) is 0.188. The standard InChI is InChI=1S/C16H16O6/c17-13-8-12(16(19)20)15(9-14(13)18)22-7-6-21-10-11-4-2-1-3-5-11/h1-5,8-9,17-18H,6-7,10H2,(H,19,20). The van der Waals surface area contributed by atoms with Crippen molar-refractivity contribution in [2.75, 3.05) is 13.2 Å². The molecule has 0 saturated carbocycles. The Balaban J connectivity index is 1.86. The third-order valence-corrected chi connectivity index (χ3v) is 2.90. The summed E-state index contributed by atoms with van der Waals surface area (Å²) < 4.78 is 10.7. The molecule has 6 nitrogen and oxygen atoms in total. The second kappa shape index (κ2) is 7.33. The Labute approximate surface area is 127 Å². The molecule has 6 heteroatoms. The number of ether oxygens (including phenoxy) is 2. The molecule has 0 heterocycles. The van der Waals surface area contributed by atoms with Gasteiger partial charge in [-0.15, -0.1) is 0 Å². The lowest BCUT2D eigenvalue weighted by atomic mass is 10.2. The van der Waals surface area contributed by atoms with Crippen molar-refractivity contribution in [3.8, 4) is 17.2 Å². The van der Waals surface area contributed by atoms with E-state index in [4.69, 9.17) is 14.6 Å². The molecule has 0 atom stereocenters. The van der Waals surface area contributed by atoms with Crippen molar-refractivity contribution in [2.24, 2.45) is 0 Å².